The summed E-state index contributed by atoms with van der Waals surface area (Å²) >= 11 is 0. The Labute approximate surface area is 119 Å². The van der Waals surface area contributed by atoms with Crippen molar-refractivity contribution >= 4 is 11.7 Å². The lowest BCUT2D eigenvalue weighted by Crippen LogP contribution is -2.42. The van der Waals surface area contributed by atoms with Gasteiger partial charge in [-0.05, 0) is 12.8 Å². The molecular formula is C13H15F3N4O. The molecule has 5 nitrogen and oxygen atoms in total. The molecule has 1 aromatic rings. The van der Waals surface area contributed by atoms with E-state index in [-0.39, 0.29) is 36.9 Å². The molecule has 1 saturated heterocycles. The van der Waals surface area contributed by atoms with Crippen LogP contribution < -0.4 is 10.6 Å². The van der Waals surface area contributed by atoms with Crippen LogP contribution in [-0.4, -0.2) is 34.6 Å². The minimum atomic E-state index is -2.71. The number of hydrogen-bond donors (Lipinski definition) is 1. The molecule has 1 aliphatic carbocycles. The van der Waals surface area contributed by atoms with Crippen molar-refractivity contribution in [2.75, 3.05) is 18.0 Å². The third-order valence-corrected chi connectivity index (χ3v) is 3.90. The number of amides is 1. The molecule has 114 valence electrons. The maximum Gasteiger partial charge on any atom is 0.280 e. The zero-order chi connectivity index (χ0) is 15.2. The highest BCUT2D eigenvalue weighted by atomic mass is 19.3. The molecule has 1 atom stereocenters. The first-order valence-corrected chi connectivity index (χ1v) is 6.80. The lowest BCUT2D eigenvalue weighted by Gasteiger charge is -2.20. The monoisotopic (exact) mass is 300 g/mol. The van der Waals surface area contributed by atoms with Crippen molar-refractivity contribution in [2.24, 2.45) is 5.73 Å². The molecule has 0 aromatic carbocycles. The molecule has 2 aliphatic rings. The molecule has 1 unspecified atom stereocenters. The molecule has 2 fully saturated rings. The largest absolute Gasteiger partial charge is 0.367 e. The van der Waals surface area contributed by atoms with Gasteiger partial charge in [0.2, 0.25) is 5.67 Å². The first-order chi connectivity index (χ1) is 9.89. The molecule has 1 aliphatic heterocycles. The van der Waals surface area contributed by atoms with Crippen LogP contribution in [0.1, 0.15) is 43.1 Å². The van der Waals surface area contributed by atoms with Crippen molar-refractivity contribution < 1.29 is 18.0 Å². The van der Waals surface area contributed by atoms with Crippen molar-refractivity contribution in [1.29, 1.82) is 0 Å². The Morgan fingerprint density at radius 2 is 2.14 bits per heavy atom. The van der Waals surface area contributed by atoms with Gasteiger partial charge in [-0.3, -0.25) is 4.79 Å². The van der Waals surface area contributed by atoms with E-state index in [1.54, 1.807) is 0 Å². The average Bonchev–Trinajstić information content (AvgIpc) is 3.21. The normalized spacial score (nSPS) is 25.6. The van der Waals surface area contributed by atoms with Gasteiger partial charge in [0.05, 0.1) is 6.54 Å². The second-order valence-corrected chi connectivity index (χ2v) is 5.59. The Bertz CT molecular complexity index is 558. The number of carbonyl (C=O) groups excluding carboxylic acids is 1. The maximum atomic E-state index is 14.2. The highest BCUT2D eigenvalue weighted by molar-refractivity contribution is 5.85. The number of nitrogens with two attached hydrogens (primary N) is 1. The lowest BCUT2D eigenvalue weighted by molar-refractivity contribution is -0.128. The third-order valence-electron chi connectivity index (χ3n) is 3.90. The molecule has 1 aromatic heterocycles. The fraction of sp³-hybridized carbons (Fsp3) is 0.615. The standard InChI is InChI=1S/C13H15F3N4O/c14-10(15)8-5-9(19-11(18-8)7-1-2-7)20-4-3-13(16,6-20)12(17)21/h5,7,10H,1-4,6H2,(H2,17,21). The first kappa shape index (κ1) is 14.1. The quantitative estimate of drug-likeness (QED) is 0.918. The summed E-state index contributed by atoms with van der Waals surface area (Å²) in [7, 11) is 0. The molecule has 0 spiro atoms. The van der Waals surface area contributed by atoms with Crippen molar-refractivity contribution in [2.45, 2.75) is 37.3 Å². The Morgan fingerprint density at radius 3 is 2.67 bits per heavy atom. The van der Waals surface area contributed by atoms with Gasteiger partial charge in [-0.25, -0.2) is 23.1 Å². The fourth-order valence-corrected chi connectivity index (χ4v) is 2.44. The van der Waals surface area contributed by atoms with Crippen LogP contribution in [0.25, 0.3) is 0 Å². The maximum absolute atomic E-state index is 14.2. The van der Waals surface area contributed by atoms with Gasteiger partial charge in [0.15, 0.2) is 0 Å². The van der Waals surface area contributed by atoms with Crippen molar-refractivity contribution in [3.8, 4) is 0 Å². The van der Waals surface area contributed by atoms with Crippen LogP contribution in [0.3, 0.4) is 0 Å². The topological polar surface area (TPSA) is 72.1 Å². The molecule has 0 bridgehead atoms. The van der Waals surface area contributed by atoms with E-state index < -0.39 is 18.0 Å². The summed E-state index contributed by atoms with van der Waals surface area (Å²) < 4.78 is 40.0. The van der Waals surface area contributed by atoms with Gasteiger partial charge >= 0.3 is 0 Å². The smallest absolute Gasteiger partial charge is 0.280 e. The van der Waals surface area contributed by atoms with Crippen LogP contribution in [0.5, 0.6) is 0 Å². The van der Waals surface area contributed by atoms with Gasteiger partial charge in [0.1, 0.15) is 17.3 Å². The van der Waals surface area contributed by atoms with E-state index >= 15 is 0 Å². The van der Waals surface area contributed by atoms with Crippen LogP contribution in [0.2, 0.25) is 0 Å². The Balaban J connectivity index is 1.90. The van der Waals surface area contributed by atoms with Crippen LogP contribution in [-0.2, 0) is 4.79 Å². The molecule has 1 saturated carbocycles. The summed E-state index contributed by atoms with van der Waals surface area (Å²) in [6.45, 7) is -0.0463. The predicted octanol–water partition coefficient (Wildman–Crippen LogP) is 1.70. The van der Waals surface area contributed by atoms with Crippen LogP contribution in [0, 0.1) is 0 Å². The molecule has 1 amide bonds. The summed E-state index contributed by atoms with van der Waals surface area (Å²) in [5, 5.41) is 0. The number of primary amides is 1. The average molecular weight is 300 g/mol. The molecule has 2 heterocycles. The van der Waals surface area contributed by atoms with E-state index in [0.29, 0.717) is 5.82 Å². The number of nitrogens with zero attached hydrogens (tertiary/aromatic N) is 3. The van der Waals surface area contributed by atoms with E-state index in [0.717, 1.165) is 18.9 Å². The van der Waals surface area contributed by atoms with E-state index in [9.17, 15) is 18.0 Å². The van der Waals surface area contributed by atoms with E-state index in [2.05, 4.69) is 9.97 Å². The molecule has 8 heteroatoms. The van der Waals surface area contributed by atoms with E-state index in [1.165, 1.54) is 4.90 Å². The van der Waals surface area contributed by atoms with Crippen LogP contribution in [0.15, 0.2) is 6.07 Å². The number of hydrogen-bond acceptors (Lipinski definition) is 4. The Hall–Kier alpha value is -1.86. The number of alkyl halides is 3. The molecular weight excluding hydrogens is 285 g/mol. The summed E-state index contributed by atoms with van der Waals surface area (Å²) in [6.07, 6.45) is -1.02. The zero-order valence-electron chi connectivity index (χ0n) is 11.2. The summed E-state index contributed by atoms with van der Waals surface area (Å²) in [5.74, 6) is -0.312. The second-order valence-electron chi connectivity index (χ2n) is 5.59. The van der Waals surface area contributed by atoms with Crippen molar-refractivity contribution in [3.63, 3.8) is 0 Å². The van der Waals surface area contributed by atoms with Gasteiger partial charge in [-0.1, -0.05) is 0 Å². The van der Waals surface area contributed by atoms with Crippen molar-refractivity contribution in [1.82, 2.24) is 9.97 Å². The minimum Gasteiger partial charge on any atom is -0.367 e. The van der Waals surface area contributed by atoms with E-state index in [4.69, 9.17) is 5.73 Å². The summed E-state index contributed by atoms with van der Waals surface area (Å²) in [6, 6.07) is 1.16. The van der Waals surface area contributed by atoms with Crippen LogP contribution in [0.4, 0.5) is 19.0 Å². The number of anilines is 1. The van der Waals surface area contributed by atoms with Crippen LogP contribution >= 0.6 is 0 Å². The molecule has 3 rings (SSSR count). The fourth-order valence-electron chi connectivity index (χ4n) is 2.44. The van der Waals surface area contributed by atoms with Gasteiger partial charge in [0, 0.05) is 24.9 Å². The molecule has 0 radical (unpaired) electrons. The zero-order valence-corrected chi connectivity index (χ0v) is 11.2. The van der Waals surface area contributed by atoms with Gasteiger partial charge < -0.3 is 10.6 Å². The van der Waals surface area contributed by atoms with Gasteiger partial charge in [-0.15, -0.1) is 0 Å². The predicted molar refractivity (Wildman–Crippen MR) is 68.8 cm³/mol. The Morgan fingerprint density at radius 1 is 1.43 bits per heavy atom. The highest BCUT2D eigenvalue weighted by Crippen LogP contribution is 2.40. The summed E-state index contributed by atoms with van der Waals surface area (Å²) in [5.41, 5.74) is 2.55. The number of halogens is 3. The first-order valence-electron chi connectivity index (χ1n) is 6.80. The molecule has 21 heavy (non-hydrogen) atoms. The lowest BCUT2D eigenvalue weighted by atomic mass is 10.1. The SMILES string of the molecule is NC(=O)C1(F)CCN(c2cc(C(F)F)nc(C3CC3)n2)C1. The highest BCUT2D eigenvalue weighted by Gasteiger charge is 2.44. The van der Waals surface area contributed by atoms with Gasteiger partial charge in [-0.2, -0.15) is 0 Å². The second kappa shape index (κ2) is 4.85. The third kappa shape index (κ3) is 2.66. The number of carbonyl (C=O) groups is 1. The van der Waals surface area contributed by atoms with E-state index in [1.807, 2.05) is 0 Å². The van der Waals surface area contributed by atoms with Gasteiger partial charge in [0.25, 0.3) is 12.3 Å². The number of rotatable bonds is 4. The number of aromatic nitrogens is 2. The Kier molecular flexibility index (Phi) is 3.26. The summed E-state index contributed by atoms with van der Waals surface area (Å²) in [4.78, 5) is 20.7. The van der Waals surface area contributed by atoms with Crippen molar-refractivity contribution in [3.05, 3.63) is 17.6 Å². The minimum absolute atomic E-state index is 0.0604. The molecule has 2 N–H and O–H groups in total.